The molecule has 8 nitrogen and oxygen atoms in total. The van der Waals surface area contributed by atoms with Crippen molar-refractivity contribution >= 4 is 40.5 Å². The molecular formula is C17H14ClF3N4O4S. The average Bonchev–Trinajstić information content (AvgIpc) is 3.32. The predicted molar refractivity (Wildman–Crippen MR) is 103 cm³/mol. The van der Waals surface area contributed by atoms with Crippen molar-refractivity contribution in [1.29, 1.82) is 0 Å². The highest BCUT2D eigenvalue weighted by atomic mass is 35.5. The second-order valence-electron chi connectivity index (χ2n) is 5.51. The van der Waals surface area contributed by atoms with E-state index >= 15 is 0 Å². The summed E-state index contributed by atoms with van der Waals surface area (Å²) in [5.41, 5.74) is 7.01. The van der Waals surface area contributed by atoms with E-state index in [0.29, 0.717) is 28.7 Å². The van der Waals surface area contributed by atoms with Crippen molar-refractivity contribution in [2.75, 3.05) is 11.9 Å². The smallest absolute Gasteiger partial charge is 0.475 e. The molecule has 0 radical (unpaired) electrons. The Labute approximate surface area is 176 Å². The van der Waals surface area contributed by atoms with Crippen LogP contribution >= 0.6 is 22.9 Å². The van der Waals surface area contributed by atoms with Crippen LogP contribution in [0.15, 0.2) is 41.1 Å². The number of carboxylic acid groups (broad SMARTS) is 1. The third kappa shape index (κ3) is 6.83. The zero-order chi connectivity index (χ0) is 22.3. The van der Waals surface area contributed by atoms with E-state index in [2.05, 4.69) is 15.5 Å². The molecule has 0 fully saturated rings. The summed E-state index contributed by atoms with van der Waals surface area (Å²) in [5.74, 6) is -2.53. The summed E-state index contributed by atoms with van der Waals surface area (Å²) in [5, 5.41) is 13.6. The van der Waals surface area contributed by atoms with Crippen molar-refractivity contribution in [2.45, 2.75) is 12.6 Å². The van der Waals surface area contributed by atoms with Gasteiger partial charge in [-0.2, -0.15) is 13.2 Å². The molecule has 0 aliphatic rings. The van der Waals surface area contributed by atoms with Gasteiger partial charge >= 0.3 is 12.1 Å². The maximum Gasteiger partial charge on any atom is 0.490 e. The van der Waals surface area contributed by atoms with Crippen LogP contribution in [0.1, 0.15) is 16.2 Å². The van der Waals surface area contributed by atoms with Crippen LogP contribution in [-0.2, 0) is 11.2 Å². The van der Waals surface area contributed by atoms with Gasteiger partial charge in [-0.15, -0.1) is 11.3 Å². The molecule has 3 rings (SSSR count). The van der Waals surface area contributed by atoms with E-state index in [-0.39, 0.29) is 11.6 Å². The lowest BCUT2D eigenvalue weighted by atomic mass is 10.2. The van der Waals surface area contributed by atoms with E-state index < -0.39 is 12.1 Å². The highest BCUT2D eigenvalue weighted by Crippen LogP contribution is 2.30. The lowest BCUT2D eigenvalue weighted by molar-refractivity contribution is -0.192. The maximum absolute atomic E-state index is 12.1. The van der Waals surface area contributed by atoms with Crippen molar-refractivity contribution in [3.05, 3.63) is 52.3 Å². The molecule has 0 saturated heterocycles. The van der Waals surface area contributed by atoms with Crippen LogP contribution < -0.4 is 11.1 Å². The molecule has 0 bridgehead atoms. The van der Waals surface area contributed by atoms with Gasteiger partial charge in [0.15, 0.2) is 5.69 Å². The number of aliphatic carboxylic acids is 1. The van der Waals surface area contributed by atoms with E-state index in [0.717, 1.165) is 10.6 Å². The van der Waals surface area contributed by atoms with E-state index in [9.17, 15) is 18.0 Å². The lowest BCUT2D eigenvalue weighted by Crippen LogP contribution is -2.21. The topological polar surface area (TPSA) is 131 Å². The molecule has 0 saturated carbocycles. The summed E-state index contributed by atoms with van der Waals surface area (Å²) in [6.45, 7) is 0.439. The zero-order valence-corrected chi connectivity index (χ0v) is 16.5. The first-order chi connectivity index (χ1) is 14.1. The number of carbonyl (C=O) groups excluding carboxylic acids is 1. The summed E-state index contributed by atoms with van der Waals surface area (Å²) >= 11 is 7.36. The minimum Gasteiger partial charge on any atom is -0.475 e. The van der Waals surface area contributed by atoms with Gasteiger partial charge in [-0.05, 0) is 30.8 Å². The van der Waals surface area contributed by atoms with Gasteiger partial charge in [-0.1, -0.05) is 16.8 Å². The molecule has 4 N–H and O–H groups in total. The molecule has 160 valence electrons. The van der Waals surface area contributed by atoms with E-state index in [1.165, 1.54) is 11.3 Å². The number of halogens is 4. The number of alkyl halides is 3. The third-order valence-corrected chi connectivity index (χ3v) is 4.53. The minimum absolute atomic E-state index is 0.211. The van der Waals surface area contributed by atoms with E-state index in [1.54, 1.807) is 18.3 Å². The fraction of sp³-hybridized carbons (Fsp3) is 0.176. The first-order valence-corrected chi connectivity index (χ1v) is 9.28. The number of thiophene rings is 1. The molecule has 0 atom stereocenters. The third-order valence-electron chi connectivity index (χ3n) is 3.27. The first kappa shape index (κ1) is 23.3. The van der Waals surface area contributed by atoms with Crippen LogP contribution in [0, 0.1) is 0 Å². The molecule has 0 aliphatic carbocycles. The van der Waals surface area contributed by atoms with Crippen LogP contribution in [0.3, 0.4) is 0 Å². The van der Waals surface area contributed by atoms with Crippen LogP contribution in [0.25, 0.3) is 10.6 Å². The Balaban J connectivity index is 0.000000396. The molecular weight excluding hydrogens is 449 g/mol. The molecule has 1 amide bonds. The first-order valence-electron chi connectivity index (χ1n) is 8.09. The summed E-state index contributed by atoms with van der Waals surface area (Å²) in [4.78, 5) is 26.3. The molecule has 0 unspecified atom stereocenters. The van der Waals surface area contributed by atoms with Crippen LogP contribution in [0.2, 0.25) is 4.34 Å². The Hall–Kier alpha value is -2.96. The SMILES string of the molecule is NCCc1cc(C(=O)Nc2ccc(-c3ccc(Cl)s3)nc2)no1.O=C(O)C(F)(F)F. The number of hydrogen-bond donors (Lipinski definition) is 3. The van der Waals surface area contributed by atoms with E-state index in [1.807, 2.05) is 18.2 Å². The Morgan fingerprint density at radius 3 is 2.47 bits per heavy atom. The molecule has 3 aromatic heterocycles. The number of nitrogens with zero attached hydrogens (tertiary/aromatic N) is 2. The Morgan fingerprint density at radius 2 is 1.97 bits per heavy atom. The van der Waals surface area contributed by atoms with Gasteiger partial charge in [-0.3, -0.25) is 9.78 Å². The summed E-state index contributed by atoms with van der Waals surface area (Å²) < 4.78 is 37.5. The zero-order valence-electron chi connectivity index (χ0n) is 14.9. The van der Waals surface area contributed by atoms with Crippen molar-refractivity contribution in [3.8, 4) is 10.6 Å². The maximum atomic E-state index is 12.1. The highest BCUT2D eigenvalue weighted by Gasteiger charge is 2.38. The Kier molecular flexibility index (Phi) is 7.92. The number of rotatable bonds is 5. The Bertz CT molecular complexity index is 1010. The number of anilines is 1. The van der Waals surface area contributed by atoms with Crippen molar-refractivity contribution < 1.29 is 32.4 Å². The van der Waals surface area contributed by atoms with Gasteiger partial charge in [0.1, 0.15) is 5.76 Å². The van der Waals surface area contributed by atoms with Crippen molar-refractivity contribution in [3.63, 3.8) is 0 Å². The summed E-state index contributed by atoms with van der Waals surface area (Å²) in [6, 6.07) is 8.90. The van der Waals surface area contributed by atoms with Gasteiger partial charge in [0.25, 0.3) is 5.91 Å². The second kappa shape index (κ2) is 10.2. The van der Waals surface area contributed by atoms with Crippen LogP contribution in [-0.4, -0.2) is 39.8 Å². The molecule has 3 heterocycles. The minimum atomic E-state index is -5.08. The molecule has 0 spiro atoms. The number of nitrogens with one attached hydrogen (secondary N) is 1. The molecule has 0 aliphatic heterocycles. The number of aromatic nitrogens is 2. The summed E-state index contributed by atoms with van der Waals surface area (Å²) in [7, 11) is 0. The summed E-state index contributed by atoms with van der Waals surface area (Å²) in [6.07, 6.45) is -2.96. The van der Waals surface area contributed by atoms with Gasteiger partial charge in [-0.25, -0.2) is 4.79 Å². The van der Waals surface area contributed by atoms with Gasteiger partial charge < -0.3 is 20.7 Å². The number of carbonyl (C=O) groups is 2. The fourth-order valence-electron chi connectivity index (χ4n) is 1.94. The average molecular weight is 463 g/mol. The van der Waals surface area contributed by atoms with Crippen LogP contribution in [0.4, 0.5) is 18.9 Å². The number of pyridine rings is 1. The highest BCUT2D eigenvalue weighted by molar-refractivity contribution is 7.19. The fourth-order valence-corrected chi connectivity index (χ4v) is 2.96. The van der Waals surface area contributed by atoms with Crippen molar-refractivity contribution in [2.24, 2.45) is 5.73 Å². The quantitative estimate of drug-likeness (QED) is 0.525. The molecule has 0 aromatic carbocycles. The largest absolute Gasteiger partial charge is 0.490 e. The lowest BCUT2D eigenvalue weighted by Gasteiger charge is -2.03. The number of carboxylic acids is 1. The standard InChI is InChI=1S/C15H13ClN4O2S.C2HF3O2/c16-14-4-3-13(23-14)11-2-1-9(8-18-11)19-15(21)12-7-10(5-6-17)22-20-12;3-2(4,5)1(6)7/h1-4,7-8H,5-6,17H2,(H,19,21);(H,6,7). The Morgan fingerprint density at radius 1 is 1.27 bits per heavy atom. The van der Waals surface area contributed by atoms with Gasteiger partial charge in [0.05, 0.1) is 26.8 Å². The van der Waals surface area contributed by atoms with Crippen LogP contribution in [0.5, 0.6) is 0 Å². The molecule has 30 heavy (non-hydrogen) atoms. The van der Waals surface area contributed by atoms with Gasteiger partial charge in [0, 0.05) is 12.5 Å². The molecule has 13 heteroatoms. The van der Waals surface area contributed by atoms with Crippen molar-refractivity contribution in [1.82, 2.24) is 10.1 Å². The number of nitrogens with two attached hydrogens (primary N) is 1. The molecule has 3 aromatic rings. The number of amides is 1. The predicted octanol–water partition coefficient (Wildman–Crippen LogP) is 3.84. The van der Waals surface area contributed by atoms with E-state index in [4.69, 9.17) is 31.8 Å². The normalized spacial score (nSPS) is 10.8. The number of hydrogen-bond acceptors (Lipinski definition) is 7. The second-order valence-corrected chi connectivity index (χ2v) is 7.23. The van der Waals surface area contributed by atoms with Gasteiger partial charge in [0.2, 0.25) is 0 Å². The monoisotopic (exact) mass is 462 g/mol.